The standard InChI is InChI=1S/C28H39NO2/c1-20(2)29-18-23(30)19-31-26-24(27(3,4)5)16-22(17-25(26)28(6,7)8)15-14-21-12-10-9-11-13-21/h9-13,16-17,20,23,29-30H,18-19H2,1-8H3. The number of aliphatic hydroxyl groups is 1. The lowest BCUT2D eigenvalue weighted by Crippen LogP contribution is -2.35. The van der Waals surface area contributed by atoms with Gasteiger partial charge in [0, 0.05) is 34.8 Å². The van der Waals surface area contributed by atoms with Crippen LogP contribution in [0.1, 0.15) is 77.6 Å². The Morgan fingerprint density at radius 3 is 1.87 bits per heavy atom. The van der Waals surface area contributed by atoms with Crippen molar-refractivity contribution in [1.29, 1.82) is 0 Å². The number of ether oxygens (including phenoxy) is 1. The van der Waals surface area contributed by atoms with Gasteiger partial charge in [-0.05, 0) is 35.1 Å². The van der Waals surface area contributed by atoms with Crippen LogP contribution in [0.15, 0.2) is 42.5 Å². The summed E-state index contributed by atoms with van der Waals surface area (Å²) in [5, 5.41) is 13.7. The lowest BCUT2D eigenvalue weighted by molar-refractivity contribution is 0.102. The molecule has 168 valence electrons. The summed E-state index contributed by atoms with van der Waals surface area (Å²) in [7, 11) is 0. The van der Waals surface area contributed by atoms with Crippen molar-refractivity contribution >= 4 is 0 Å². The summed E-state index contributed by atoms with van der Waals surface area (Å²) in [5.74, 6) is 7.49. The zero-order valence-electron chi connectivity index (χ0n) is 20.5. The molecule has 3 heteroatoms. The molecule has 1 atom stereocenters. The Morgan fingerprint density at radius 2 is 1.39 bits per heavy atom. The van der Waals surface area contributed by atoms with Gasteiger partial charge in [0.25, 0.3) is 0 Å². The van der Waals surface area contributed by atoms with E-state index in [0.717, 1.165) is 28.0 Å². The van der Waals surface area contributed by atoms with Crippen LogP contribution in [0.3, 0.4) is 0 Å². The van der Waals surface area contributed by atoms with Crippen molar-refractivity contribution in [2.24, 2.45) is 0 Å². The molecule has 0 aliphatic rings. The van der Waals surface area contributed by atoms with Crippen molar-refractivity contribution in [3.05, 3.63) is 64.7 Å². The maximum Gasteiger partial charge on any atom is 0.126 e. The zero-order valence-corrected chi connectivity index (χ0v) is 20.5. The molecular weight excluding hydrogens is 382 g/mol. The van der Waals surface area contributed by atoms with E-state index in [1.165, 1.54) is 0 Å². The predicted octanol–water partition coefficient (Wildman–Crippen LogP) is 5.42. The van der Waals surface area contributed by atoms with Crippen LogP contribution in [0.25, 0.3) is 0 Å². The maximum absolute atomic E-state index is 10.4. The summed E-state index contributed by atoms with van der Waals surface area (Å²) in [6.45, 7) is 18.0. The number of nitrogens with one attached hydrogen (secondary N) is 1. The minimum absolute atomic E-state index is 0.124. The van der Waals surface area contributed by atoms with Crippen LogP contribution in [0.5, 0.6) is 5.75 Å². The van der Waals surface area contributed by atoms with Gasteiger partial charge in [0.2, 0.25) is 0 Å². The molecule has 0 saturated heterocycles. The highest BCUT2D eigenvalue weighted by molar-refractivity contribution is 5.55. The molecule has 0 amide bonds. The van der Waals surface area contributed by atoms with E-state index in [0.29, 0.717) is 12.6 Å². The molecule has 2 rings (SSSR count). The molecule has 1 unspecified atom stereocenters. The Morgan fingerprint density at radius 1 is 0.871 bits per heavy atom. The predicted molar refractivity (Wildman–Crippen MR) is 131 cm³/mol. The van der Waals surface area contributed by atoms with Crippen LogP contribution >= 0.6 is 0 Å². The fourth-order valence-corrected chi connectivity index (χ4v) is 3.25. The van der Waals surface area contributed by atoms with Gasteiger partial charge in [0.1, 0.15) is 18.5 Å². The molecule has 0 heterocycles. The smallest absolute Gasteiger partial charge is 0.126 e. The van der Waals surface area contributed by atoms with Gasteiger partial charge in [-0.25, -0.2) is 0 Å². The molecule has 2 N–H and O–H groups in total. The van der Waals surface area contributed by atoms with E-state index in [1.54, 1.807) is 0 Å². The molecule has 0 aliphatic carbocycles. The number of benzene rings is 2. The van der Waals surface area contributed by atoms with Gasteiger partial charge in [0.05, 0.1) is 0 Å². The van der Waals surface area contributed by atoms with Crippen molar-refractivity contribution in [2.75, 3.05) is 13.2 Å². The molecule has 0 aromatic heterocycles. The van der Waals surface area contributed by atoms with Crippen LogP contribution in [0.4, 0.5) is 0 Å². The zero-order chi connectivity index (χ0) is 23.2. The Hall–Kier alpha value is -2.28. The molecule has 3 nitrogen and oxygen atoms in total. The summed E-state index contributed by atoms with van der Waals surface area (Å²) in [5.41, 5.74) is 3.95. The topological polar surface area (TPSA) is 41.5 Å². The first-order chi connectivity index (χ1) is 14.4. The van der Waals surface area contributed by atoms with E-state index in [4.69, 9.17) is 4.74 Å². The summed E-state index contributed by atoms with van der Waals surface area (Å²) < 4.78 is 6.29. The van der Waals surface area contributed by atoms with Crippen molar-refractivity contribution in [1.82, 2.24) is 5.32 Å². The van der Waals surface area contributed by atoms with Crippen molar-refractivity contribution in [3.8, 4) is 17.6 Å². The fraction of sp³-hybridized carbons (Fsp3) is 0.500. The van der Waals surface area contributed by atoms with Crippen LogP contribution in [0, 0.1) is 11.8 Å². The Balaban J connectivity index is 2.46. The van der Waals surface area contributed by atoms with Crippen LogP contribution in [-0.2, 0) is 10.8 Å². The summed E-state index contributed by atoms with van der Waals surface area (Å²) in [4.78, 5) is 0. The molecule has 2 aromatic rings. The lowest BCUT2D eigenvalue weighted by Gasteiger charge is -2.30. The minimum Gasteiger partial charge on any atom is -0.490 e. The van der Waals surface area contributed by atoms with Crippen molar-refractivity contribution in [2.45, 2.75) is 78.4 Å². The van der Waals surface area contributed by atoms with Gasteiger partial charge in [-0.15, -0.1) is 0 Å². The highest BCUT2D eigenvalue weighted by Gasteiger charge is 2.28. The summed E-state index contributed by atoms with van der Waals surface area (Å²) >= 11 is 0. The summed E-state index contributed by atoms with van der Waals surface area (Å²) in [6, 6.07) is 14.6. The van der Waals surface area contributed by atoms with E-state index in [9.17, 15) is 5.11 Å². The first kappa shape index (κ1) is 25.0. The quantitative estimate of drug-likeness (QED) is 0.612. The van der Waals surface area contributed by atoms with Gasteiger partial charge < -0.3 is 15.2 Å². The average Bonchev–Trinajstić information content (AvgIpc) is 2.68. The second-order valence-electron chi connectivity index (χ2n) is 10.5. The minimum atomic E-state index is -0.569. The van der Waals surface area contributed by atoms with Gasteiger partial charge in [-0.2, -0.15) is 0 Å². The molecule has 2 aromatic carbocycles. The monoisotopic (exact) mass is 421 g/mol. The Kier molecular flexibility index (Phi) is 8.34. The summed E-state index contributed by atoms with van der Waals surface area (Å²) in [6.07, 6.45) is -0.569. The first-order valence-corrected chi connectivity index (χ1v) is 11.2. The number of aliphatic hydroxyl groups excluding tert-OH is 1. The molecule has 0 spiro atoms. The van der Waals surface area contributed by atoms with Gasteiger partial charge in [-0.3, -0.25) is 0 Å². The third-order valence-corrected chi connectivity index (χ3v) is 5.01. The Bertz CT molecular complexity index is 871. The third kappa shape index (κ3) is 7.73. The molecule has 31 heavy (non-hydrogen) atoms. The normalized spacial score (nSPS) is 13.0. The number of rotatable bonds is 6. The van der Waals surface area contributed by atoms with Gasteiger partial charge in [-0.1, -0.05) is 85.4 Å². The number of hydrogen-bond acceptors (Lipinski definition) is 3. The maximum atomic E-state index is 10.4. The van der Waals surface area contributed by atoms with E-state index in [1.807, 2.05) is 30.3 Å². The van der Waals surface area contributed by atoms with Gasteiger partial charge >= 0.3 is 0 Å². The third-order valence-electron chi connectivity index (χ3n) is 5.01. The van der Waals surface area contributed by atoms with Crippen LogP contribution in [-0.4, -0.2) is 30.4 Å². The van der Waals surface area contributed by atoms with Crippen LogP contribution in [0.2, 0.25) is 0 Å². The highest BCUT2D eigenvalue weighted by Crippen LogP contribution is 2.40. The van der Waals surface area contributed by atoms with E-state index in [-0.39, 0.29) is 17.4 Å². The van der Waals surface area contributed by atoms with Crippen molar-refractivity contribution < 1.29 is 9.84 Å². The largest absolute Gasteiger partial charge is 0.490 e. The van der Waals surface area contributed by atoms with Crippen LogP contribution < -0.4 is 10.1 Å². The molecule has 0 bridgehead atoms. The lowest BCUT2D eigenvalue weighted by atomic mass is 9.78. The SMILES string of the molecule is CC(C)NCC(O)COc1c(C(C)(C)C)cc(C#Cc2ccccc2)cc1C(C)(C)C. The molecule has 0 fully saturated rings. The highest BCUT2D eigenvalue weighted by atomic mass is 16.5. The fourth-order valence-electron chi connectivity index (χ4n) is 3.25. The number of hydrogen-bond donors (Lipinski definition) is 2. The molecule has 0 saturated carbocycles. The first-order valence-electron chi connectivity index (χ1n) is 11.2. The molecule has 0 radical (unpaired) electrons. The van der Waals surface area contributed by atoms with E-state index >= 15 is 0 Å². The Labute approximate surface area is 189 Å². The average molecular weight is 422 g/mol. The molecular formula is C28H39NO2. The van der Waals surface area contributed by atoms with E-state index < -0.39 is 6.10 Å². The van der Waals surface area contributed by atoms with Gasteiger partial charge in [0.15, 0.2) is 0 Å². The second kappa shape index (κ2) is 10.4. The second-order valence-corrected chi connectivity index (χ2v) is 10.5. The van der Waals surface area contributed by atoms with Crippen molar-refractivity contribution in [3.63, 3.8) is 0 Å². The van der Waals surface area contributed by atoms with E-state index in [2.05, 4.69) is 84.7 Å². The molecule has 0 aliphatic heterocycles.